The minimum Gasteiger partial charge on any atom is -0.342 e. The van der Waals surface area contributed by atoms with Crippen LogP contribution in [0.1, 0.15) is 96.8 Å². The molecular formula is C25H39N3O2. The predicted molar refractivity (Wildman–Crippen MR) is 125 cm³/mol. The van der Waals surface area contributed by atoms with Crippen molar-refractivity contribution >= 4 is 23.7 Å². The van der Waals surface area contributed by atoms with Crippen molar-refractivity contribution in [2.45, 2.75) is 103 Å². The van der Waals surface area contributed by atoms with Crippen LogP contribution in [0.3, 0.4) is 0 Å². The fraction of sp³-hybridized carbons (Fsp3) is 0.640. The second-order valence-corrected chi connectivity index (χ2v) is 8.29. The molecule has 30 heavy (non-hydrogen) atoms. The zero-order valence-electron chi connectivity index (χ0n) is 18.7. The van der Waals surface area contributed by atoms with Gasteiger partial charge < -0.3 is 5.32 Å². The van der Waals surface area contributed by atoms with Gasteiger partial charge in [0.1, 0.15) is 0 Å². The number of para-hydroxylation sites is 1. The monoisotopic (exact) mass is 413 g/mol. The molecule has 0 saturated heterocycles. The summed E-state index contributed by atoms with van der Waals surface area (Å²) in [4.78, 5) is 23.6. The Balaban J connectivity index is 1.60. The van der Waals surface area contributed by atoms with Crippen LogP contribution in [0.2, 0.25) is 0 Å². The van der Waals surface area contributed by atoms with Crippen LogP contribution in [-0.2, 0) is 9.59 Å². The van der Waals surface area contributed by atoms with Crippen molar-refractivity contribution in [3.63, 3.8) is 0 Å². The average molecular weight is 414 g/mol. The number of nitrogens with one attached hydrogen (secondary N) is 1. The number of carbonyl (C=O) groups is 2. The lowest BCUT2D eigenvalue weighted by molar-refractivity contribution is -0.120. The van der Waals surface area contributed by atoms with Gasteiger partial charge >= 0.3 is 0 Å². The molecule has 1 atom stereocenters. The molecule has 1 N–H and O–H groups in total. The molecule has 1 aromatic carbocycles. The van der Waals surface area contributed by atoms with Crippen LogP contribution >= 0.6 is 0 Å². The van der Waals surface area contributed by atoms with Gasteiger partial charge in [-0.2, -0.15) is 10.1 Å². The highest BCUT2D eigenvalue weighted by atomic mass is 16.2. The average Bonchev–Trinajstić information content (AvgIpc) is 3.08. The maximum atomic E-state index is 12.6. The lowest BCUT2D eigenvalue weighted by Crippen LogP contribution is -2.42. The number of hydrazone groups is 1. The Hall–Kier alpha value is -2.17. The first-order chi connectivity index (χ1) is 14.8. The molecule has 0 radical (unpaired) electrons. The molecule has 166 valence electrons. The number of unbranched alkanes of at least 4 members (excludes halogenated alkanes) is 12. The fourth-order valence-electron chi connectivity index (χ4n) is 4.01. The largest absolute Gasteiger partial charge is 0.342 e. The molecular weight excluding hydrogens is 374 g/mol. The van der Waals surface area contributed by atoms with Crippen molar-refractivity contribution in [1.82, 2.24) is 5.32 Å². The molecule has 0 aromatic heterocycles. The van der Waals surface area contributed by atoms with Crippen molar-refractivity contribution in [1.29, 1.82) is 0 Å². The van der Waals surface area contributed by atoms with Gasteiger partial charge in [-0.15, -0.1) is 0 Å². The van der Waals surface area contributed by atoms with Crippen LogP contribution in [0, 0.1) is 0 Å². The molecule has 5 heteroatoms. The molecule has 2 rings (SSSR count). The molecule has 0 aliphatic carbocycles. The molecule has 0 saturated carbocycles. The number of anilines is 1. The van der Waals surface area contributed by atoms with E-state index in [1.165, 1.54) is 75.6 Å². The first-order valence-electron chi connectivity index (χ1n) is 11.9. The van der Waals surface area contributed by atoms with E-state index in [1.807, 2.05) is 30.3 Å². The van der Waals surface area contributed by atoms with Gasteiger partial charge in [-0.25, -0.2) is 0 Å². The third kappa shape index (κ3) is 8.29. The Morgan fingerprint density at radius 1 is 0.867 bits per heavy atom. The highest BCUT2D eigenvalue weighted by Crippen LogP contribution is 2.22. The first-order valence-corrected chi connectivity index (χ1v) is 11.9. The van der Waals surface area contributed by atoms with Gasteiger partial charge in [0.05, 0.1) is 11.4 Å². The van der Waals surface area contributed by atoms with Gasteiger partial charge in [0, 0.05) is 0 Å². The molecule has 0 fully saturated rings. The van der Waals surface area contributed by atoms with Crippen molar-refractivity contribution < 1.29 is 9.59 Å². The number of nitrogens with zero attached hydrogens (tertiary/aromatic N) is 2. The Bertz CT molecular complexity index is 645. The van der Waals surface area contributed by atoms with Crippen LogP contribution in [0.4, 0.5) is 5.69 Å². The number of benzene rings is 1. The van der Waals surface area contributed by atoms with E-state index in [0.717, 1.165) is 30.7 Å². The van der Waals surface area contributed by atoms with E-state index in [2.05, 4.69) is 17.3 Å². The third-order valence-electron chi connectivity index (χ3n) is 5.79. The molecule has 1 aliphatic rings. The quantitative estimate of drug-likeness (QED) is 0.252. The Labute approximate surface area is 182 Å². The fourth-order valence-corrected chi connectivity index (χ4v) is 4.01. The molecule has 2 amide bonds. The van der Waals surface area contributed by atoms with E-state index >= 15 is 0 Å². The first kappa shape index (κ1) is 24.1. The van der Waals surface area contributed by atoms with Crippen LogP contribution < -0.4 is 10.3 Å². The van der Waals surface area contributed by atoms with E-state index in [9.17, 15) is 9.59 Å². The maximum Gasteiger partial charge on any atom is 0.275 e. The summed E-state index contributed by atoms with van der Waals surface area (Å²) < 4.78 is 0. The lowest BCUT2D eigenvalue weighted by atomic mass is 10.0. The lowest BCUT2D eigenvalue weighted by Gasteiger charge is -2.13. The number of amides is 2. The molecule has 5 nitrogen and oxygen atoms in total. The zero-order chi connectivity index (χ0) is 21.4. The number of carbonyl (C=O) groups excluding carboxylic acids is 2. The molecule has 1 heterocycles. The minimum atomic E-state index is -0.625. The molecule has 0 spiro atoms. The van der Waals surface area contributed by atoms with Gasteiger partial charge in [-0.1, -0.05) is 102 Å². The highest BCUT2D eigenvalue weighted by Gasteiger charge is 2.35. The van der Waals surface area contributed by atoms with Gasteiger partial charge in [-0.05, 0) is 25.0 Å². The smallest absolute Gasteiger partial charge is 0.275 e. The van der Waals surface area contributed by atoms with Crippen LogP contribution in [0.5, 0.6) is 0 Å². The molecule has 1 unspecified atom stereocenters. The Morgan fingerprint density at radius 3 is 1.93 bits per heavy atom. The minimum absolute atomic E-state index is 0.182. The standard InChI is InChI=1S/C25H39N3O2/c1-2-3-4-5-6-7-8-9-10-11-12-13-17-20-23-24(26-21-29)25(30)28(27-23)22-18-15-14-16-19-22/h14-16,18-19,21,24H,2-13,17,20H2,1H3,(H,26,29). The van der Waals surface area contributed by atoms with Gasteiger partial charge in [0.25, 0.3) is 5.91 Å². The number of rotatable bonds is 17. The van der Waals surface area contributed by atoms with Gasteiger partial charge in [0.15, 0.2) is 6.04 Å². The summed E-state index contributed by atoms with van der Waals surface area (Å²) in [6.07, 6.45) is 18.4. The van der Waals surface area contributed by atoms with Gasteiger partial charge in [0.2, 0.25) is 6.41 Å². The van der Waals surface area contributed by atoms with E-state index in [1.54, 1.807) is 0 Å². The van der Waals surface area contributed by atoms with E-state index in [0.29, 0.717) is 6.41 Å². The van der Waals surface area contributed by atoms with Crippen LogP contribution in [0.15, 0.2) is 35.4 Å². The summed E-state index contributed by atoms with van der Waals surface area (Å²) in [6.45, 7) is 2.26. The van der Waals surface area contributed by atoms with E-state index in [-0.39, 0.29) is 5.91 Å². The van der Waals surface area contributed by atoms with Crippen molar-refractivity contribution in [2.24, 2.45) is 5.10 Å². The topological polar surface area (TPSA) is 61.8 Å². The molecule has 1 aliphatic heterocycles. The van der Waals surface area contributed by atoms with E-state index in [4.69, 9.17) is 0 Å². The summed E-state index contributed by atoms with van der Waals surface area (Å²) in [5, 5.41) is 8.57. The summed E-state index contributed by atoms with van der Waals surface area (Å²) in [5.41, 5.74) is 1.50. The summed E-state index contributed by atoms with van der Waals surface area (Å²) >= 11 is 0. The van der Waals surface area contributed by atoms with Crippen molar-refractivity contribution in [2.75, 3.05) is 5.01 Å². The molecule has 1 aromatic rings. The van der Waals surface area contributed by atoms with Gasteiger partial charge in [-0.3, -0.25) is 9.59 Å². The predicted octanol–water partition coefficient (Wildman–Crippen LogP) is 5.99. The SMILES string of the molecule is CCCCCCCCCCCCCCCC1=NN(c2ccccc2)C(=O)C1NC=O. The summed E-state index contributed by atoms with van der Waals surface area (Å²) in [5.74, 6) is -0.182. The van der Waals surface area contributed by atoms with Crippen molar-refractivity contribution in [3.8, 4) is 0 Å². The van der Waals surface area contributed by atoms with Crippen LogP contribution in [-0.4, -0.2) is 24.1 Å². The summed E-state index contributed by atoms with van der Waals surface area (Å²) in [6, 6.07) is 8.75. The van der Waals surface area contributed by atoms with E-state index < -0.39 is 6.04 Å². The Kier molecular flexibility index (Phi) is 11.9. The highest BCUT2D eigenvalue weighted by molar-refractivity contribution is 6.19. The normalized spacial score (nSPS) is 16.0. The molecule has 0 bridgehead atoms. The zero-order valence-corrected chi connectivity index (χ0v) is 18.7. The third-order valence-corrected chi connectivity index (χ3v) is 5.79. The number of hydrogen-bond donors (Lipinski definition) is 1. The second-order valence-electron chi connectivity index (χ2n) is 8.29. The maximum absolute atomic E-state index is 12.6. The van der Waals surface area contributed by atoms with Crippen LogP contribution in [0.25, 0.3) is 0 Å². The summed E-state index contributed by atoms with van der Waals surface area (Å²) in [7, 11) is 0. The van der Waals surface area contributed by atoms with Crippen molar-refractivity contribution in [3.05, 3.63) is 30.3 Å². The number of hydrogen-bond acceptors (Lipinski definition) is 3. The Morgan fingerprint density at radius 2 is 1.40 bits per heavy atom. The second kappa shape index (κ2) is 14.8.